The van der Waals surface area contributed by atoms with E-state index in [2.05, 4.69) is 0 Å². The number of rotatable bonds is 11. The number of ketones is 3. The van der Waals surface area contributed by atoms with Gasteiger partial charge in [0.2, 0.25) is 0 Å². The van der Waals surface area contributed by atoms with Crippen LogP contribution in [0.1, 0.15) is 70.0 Å². The summed E-state index contributed by atoms with van der Waals surface area (Å²) in [5.41, 5.74) is 10.5. The van der Waals surface area contributed by atoms with Gasteiger partial charge in [0, 0.05) is 33.4 Å². The summed E-state index contributed by atoms with van der Waals surface area (Å²) in [7, 11) is 3.34. The minimum Gasteiger partial charge on any atom is -0.497 e. The first-order valence-corrected chi connectivity index (χ1v) is 20.6. The summed E-state index contributed by atoms with van der Waals surface area (Å²) in [4.78, 5) is 37.6. The molecule has 0 aromatic heterocycles. The van der Waals surface area contributed by atoms with E-state index in [0.717, 1.165) is 45.3 Å². The number of carbonyl (C=O) groups is 3. The fourth-order valence-electron chi connectivity index (χ4n) is 6.47. The summed E-state index contributed by atoms with van der Waals surface area (Å²) >= 11 is 0. The van der Waals surface area contributed by atoms with E-state index in [4.69, 9.17) is 14.2 Å². The molecule has 8 aromatic rings. The third-order valence-corrected chi connectivity index (χ3v) is 10.2. The highest BCUT2D eigenvalue weighted by molar-refractivity contribution is 6.13. The summed E-state index contributed by atoms with van der Waals surface area (Å²) in [6.45, 7) is 7.99. The van der Waals surface area contributed by atoms with Crippen molar-refractivity contribution in [2.24, 2.45) is 0 Å². The van der Waals surface area contributed by atoms with Crippen LogP contribution in [0, 0.1) is 27.7 Å². The number of methoxy groups -OCH3 is 2. The van der Waals surface area contributed by atoms with Crippen LogP contribution in [-0.2, 0) is 0 Å². The van der Waals surface area contributed by atoms with Gasteiger partial charge >= 0.3 is 0 Å². The molecular weight excluding hydrogens is 781 g/mol. The fourth-order valence-corrected chi connectivity index (χ4v) is 6.47. The highest BCUT2D eigenvalue weighted by Gasteiger charge is 2.14. The Morgan fingerprint density at radius 1 is 0.302 bits per heavy atom. The fraction of sp³-hybridized carbons (Fsp3) is 0.105. The van der Waals surface area contributed by atoms with Crippen molar-refractivity contribution in [3.05, 3.63) is 250 Å². The average Bonchev–Trinajstić information content (AvgIpc) is 3.32. The van der Waals surface area contributed by atoms with Crippen LogP contribution in [0.5, 0.6) is 23.0 Å². The van der Waals surface area contributed by atoms with Crippen molar-refractivity contribution in [3.63, 3.8) is 0 Å². The van der Waals surface area contributed by atoms with E-state index in [-0.39, 0.29) is 17.3 Å². The minimum atomic E-state index is -0.0754. The zero-order valence-electron chi connectivity index (χ0n) is 36.4. The second-order valence-electron chi connectivity index (χ2n) is 15.1. The third kappa shape index (κ3) is 12.6. The molecule has 0 unspecified atom stereocenters. The Kier molecular flexibility index (Phi) is 15.3. The molecule has 0 fully saturated rings. The summed E-state index contributed by atoms with van der Waals surface area (Å²) in [6.07, 6.45) is 0. The molecule has 314 valence electrons. The van der Waals surface area contributed by atoms with Gasteiger partial charge in [-0.15, -0.1) is 0 Å². The minimum absolute atomic E-state index is 0.0205. The van der Waals surface area contributed by atoms with Crippen molar-refractivity contribution in [2.75, 3.05) is 14.2 Å². The van der Waals surface area contributed by atoms with Crippen molar-refractivity contribution in [3.8, 4) is 34.1 Å². The number of aryl methyl sites for hydroxylation is 4. The topological polar surface area (TPSA) is 78.9 Å². The first kappa shape index (κ1) is 44.7. The van der Waals surface area contributed by atoms with Crippen LogP contribution in [0.25, 0.3) is 11.1 Å². The maximum absolute atomic E-state index is 12.6. The molecule has 0 amide bonds. The van der Waals surface area contributed by atoms with Crippen LogP contribution in [-0.4, -0.2) is 31.6 Å². The van der Waals surface area contributed by atoms with Crippen molar-refractivity contribution >= 4 is 17.3 Å². The number of hydrogen-bond acceptors (Lipinski definition) is 6. The molecule has 0 saturated heterocycles. The lowest BCUT2D eigenvalue weighted by atomic mass is 9.97. The van der Waals surface area contributed by atoms with Crippen molar-refractivity contribution in [2.45, 2.75) is 27.7 Å². The standard InChI is InChI=1S/C22H18O2.C21H18O2.C14H14O2/c1-15-6-10-17(11-7-15)21(23)19-4-3-5-20(14-19)22(24)18-12-8-16(2)9-13-18;1-15-6-8-17(9-7-15)21(22)18-10-12-19(13-11-18)23-20-5-3-4-16(2)14-20;1-15-13-7-3-11(4-8-13)12-5-9-14(16-2)10-6-12/h3-14H,1-2H3;3-14H,1-2H3;3-10H,1-2H3. The van der Waals surface area contributed by atoms with Gasteiger partial charge in [-0.3, -0.25) is 14.4 Å². The highest BCUT2D eigenvalue weighted by atomic mass is 16.5. The number of benzene rings is 8. The van der Waals surface area contributed by atoms with Gasteiger partial charge in [-0.05, 0) is 111 Å². The first-order chi connectivity index (χ1) is 30.5. The second-order valence-corrected chi connectivity index (χ2v) is 15.1. The van der Waals surface area contributed by atoms with E-state index < -0.39 is 0 Å². The third-order valence-electron chi connectivity index (χ3n) is 10.2. The van der Waals surface area contributed by atoms with Crippen LogP contribution in [0.2, 0.25) is 0 Å². The van der Waals surface area contributed by atoms with Gasteiger partial charge in [0.05, 0.1) is 14.2 Å². The Labute approximate surface area is 370 Å². The van der Waals surface area contributed by atoms with Gasteiger partial charge < -0.3 is 14.2 Å². The second kappa shape index (κ2) is 21.6. The SMILES string of the molecule is COc1ccc(-c2ccc(OC)cc2)cc1.Cc1ccc(C(=O)c2ccc(Oc3cccc(C)c3)cc2)cc1.Cc1ccc(C(=O)c2cccc(C(=O)c3ccc(C)cc3)c2)cc1. The largest absolute Gasteiger partial charge is 0.497 e. The van der Waals surface area contributed by atoms with Gasteiger partial charge in [0.25, 0.3) is 0 Å². The van der Waals surface area contributed by atoms with Gasteiger partial charge in [0.1, 0.15) is 23.0 Å². The Morgan fingerprint density at radius 2 is 0.635 bits per heavy atom. The van der Waals surface area contributed by atoms with E-state index in [1.165, 1.54) is 11.1 Å². The highest BCUT2D eigenvalue weighted by Crippen LogP contribution is 2.25. The quantitative estimate of drug-likeness (QED) is 0.121. The van der Waals surface area contributed by atoms with Crippen molar-refractivity contribution in [1.82, 2.24) is 0 Å². The molecule has 0 bridgehead atoms. The molecule has 0 spiro atoms. The van der Waals surface area contributed by atoms with E-state index in [1.54, 1.807) is 50.6 Å². The van der Waals surface area contributed by atoms with Crippen molar-refractivity contribution in [1.29, 1.82) is 0 Å². The molecule has 0 saturated carbocycles. The van der Waals surface area contributed by atoms with Crippen LogP contribution in [0.15, 0.2) is 194 Å². The Morgan fingerprint density at radius 3 is 1.00 bits per heavy atom. The maximum atomic E-state index is 12.6. The molecule has 0 aliphatic rings. The molecule has 8 rings (SSSR count). The number of carbonyl (C=O) groups excluding carboxylic acids is 3. The van der Waals surface area contributed by atoms with Crippen LogP contribution < -0.4 is 14.2 Å². The Hall–Kier alpha value is -7.83. The van der Waals surface area contributed by atoms with E-state index in [9.17, 15) is 14.4 Å². The lowest BCUT2D eigenvalue weighted by Crippen LogP contribution is -2.06. The van der Waals surface area contributed by atoms with Crippen molar-refractivity contribution < 1.29 is 28.6 Å². The average molecular weight is 831 g/mol. The molecule has 0 atom stereocenters. The summed E-state index contributed by atoms with van der Waals surface area (Å²) in [6, 6.07) is 60.5. The Bertz CT molecular complexity index is 2630. The zero-order chi connectivity index (χ0) is 44.7. The summed E-state index contributed by atoms with van der Waals surface area (Å²) < 4.78 is 16.0. The predicted molar refractivity (Wildman–Crippen MR) is 253 cm³/mol. The van der Waals surface area contributed by atoms with E-state index in [1.807, 2.05) is 185 Å². The van der Waals surface area contributed by atoms with Gasteiger partial charge in [-0.1, -0.05) is 144 Å². The number of hydrogen-bond donors (Lipinski definition) is 0. The molecular formula is C57H50O6. The molecule has 63 heavy (non-hydrogen) atoms. The van der Waals surface area contributed by atoms with Crippen LogP contribution in [0.3, 0.4) is 0 Å². The zero-order valence-corrected chi connectivity index (χ0v) is 36.4. The molecule has 0 aliphatic heterocycles. The predicted octanol–water partition coefficient (Wildman–Crippen LogP) is 13.5. The smallest absolute Gasteiger partial charge is 0.193 e. The normalized spacial score (nSPS) is 10.3. The first-order valence-electron chi connectivity index (χ1n) is 20.6. The molecule has 0 N–H and O–H groups in total. The van der Waals surface area contributed by atoms with Crippen LogP contribution in [0.4, 0.5) is 0 Å². The van der Waals surface area contributed by atoms with Crippen LogP contribution >= 0.6 is 0 Å². The van der Waals surface area contributed by atoms with E-state index >= 15 is 0 Å². The summed E-state index contributed by atoms with van der Waals surface area (Å²) in [5.74, 6) is 3.13. The Balaban J connectivity index is 0.000000161. The molecule has 0 radical (unpaired) electrons. The molecule has 0 heterocycles. The lowest BCUT2D eigenvalue weighted by Gasteiger charge is -2.07. The maximum Gasteiger partial charge on any atom is 0.193 e. The van der Waals surface area contributed by atoms with E-state index in [0.29, 0.717) is 33.4 Å². The summed E-state index contributed by atoms with van der Waals surface area (Å²) in [5, 5.41) is 0. The van der Waals surface area contributed by atoms with Gasteiger partial charge in [0.15, 0.2) is 17.3 Å². The molecule has 8 aromatic carbocycles. The molecule has 6 heteroatoms. The van der Waals surface area contributed by atoms with Gasteiger partial charge in [-0.25, -0.2) is 0 Å². The molecule has 6 nitrogen and oxygen atoms in total. The monoisotopic (exact) mass is 830 g/mol. The van der Waals surface area contributed by atoms with Gasteiger partial charge in [-0.2, -0.15) is 0 Å². The molecule has 0 aliphatic carbocycles. The lowest BCUT2D eigenvalue weighted by molar-refractivity contribution is 0.102. The number of ether oxygens (including phenoxy) is 3.